The molecule has 0 spiro atoms. The van der Waals surface area contributed by atoms with Crippen LogP contribution in [-0.2, 0) is 21.2 Å². The number of carbonyl (C=O) groups excluding carboxylic acids is 1. The molecule has 0 unspecified atom stereocenters. The molecule has 0 atom stereocenters. The third-order valence-corrected chi connectivity index (χ3v) is 5.19. The number of anilines is 2. The number of hydrogen-bond donors (Lipinski definition) is 1. The summed E-state index contributed by atoms with van der Waals surface area (Å²) in [5, 5.41) is 0. The second-order valence-corrected chi connectivity index (χ2v) is 7.13. The molecule has 8 heteroatoms. The number of fused-ring (bicyclic) bond motifs is 1. The lowest BCUT2D eigenvalue weighted by Crippen LogP contribution is -2.25. The van der Waals surface area contributed by atoms with E-state index in [4.69, 9.17) is 0 Å². The van der Waals surface area contributed by atoms with Gasteiger partial charge in [0.25, 0.3) is 10.0 Å². The lowest BCUT2D eigenvalue weighted by molar-refractivity contribution is -0.116. The second kappa shape index (κ2) is 5.86. The van der Waals surface area contributed by atoms with Gasteiger partial charge in [-0.1, -0.05) is 0 Å². The van der Waals surface area contributed by atoms with Gasteiger partial charge in [0.1, 0.15) is 0 Å². The molecule has 3 rings (SSSR count). The van der Waals surface area contributed by atoms with E-state index in [2.05, 4.69) is 4.72 Å². The molecule has 0 fully saturated rings. The molecule has 1 aliphatic heterocycles. The molecule has 0 aromatic heterocycles. The lowest BCUT2D eigenvalue weighted by atomic mass is 10.1. The van der Waals surface area contributed by atoms with Crippen molar-refractivity contribution >= 4 is 27.3 Å². The highest BCUT2D eigenvalue weighted by Gasteiger charge is 2.23. The Labute approximate surface area is 138 Å². The number of benzene rings is 2. The molecule has 1 N–H and O–H groups in total. The third-order valence-electron chi connectivity index (χ3n) is 3.81. The Morgan fingerprint density at radius 3 is 2.54 bits per heavy atom. The van der Waals surface area contributed by atoms with Crippen molar-refractivity contribution in [3.8, 4) is 0 Å². The number of nitrogens with zero attached hydrogens (tertiary/aromatic N) is 1. The van der Waals surface area contributed by atoms with Crippen LogP contribution in [0.25, 0.3) is 0 Å². The van der Waals surface area contributed by atoms with Crippen molar-refractivity contribution in [2.75, 3.05) is 16.2 Å². The maximum atomic E-state index is 13.2. The summed E-state index contributed by atoms with van der Waals surface area (Å²) in [5.74, 6) is -2.43. The topological polar surface area (TPSA) is 66.5 Å². The van der Waals surface area contributed by atoms with E-state index in [0.717, 1.165) is 23.4 Å². The van der Waals surface area contributed by atoms with Crippen LogP contribution in [0.1, 0.15) is 12.5 Å². The predicted octanol–water partition coefficient (Wildman–Crippen LogP) is 2.67. The second-order valence-electron chi connectivity index (χ2n) is 5.45. The first kappa shape index (κ1) is 16.4. The predicted molar refractivity (Wildman–Crippen MR) is 85.3 cm³/mol. The summed E-state index contributed by atoms with van der Waals surface area (Å²) in [6.45, 7) is 2.01. The molecule has 0 saturated carbocycles. The Balaban J connectivity index is 1.88. The summed E-state index contributed by atoms with van der Waals surface area (Å²) in [6, 6.07) is 7.20. The van der Waals surface area contributed by atoms with E-state index in [1.165, 1.54) is 13.0 Å². The van der Waals surface area contributed by atoms with Gasteiger partial charge in [-0.05, 0) is 48.4 Å². The minimum atomic E-state index is -4.04. The van der Waals surface area contributed by atoms with E-state index in [0.29, 0.717) is 24.7 Å². The summed E-state index contributed by atoms with van der Waals surface area (Å²) in [6.07, 6.45) is 0.621. The molecule has 1 heterocycles. The number of hydrogen-bond acceptors (Lipinski definition) is 3. The largest absolute Gasteiger partial charge is 0.312 e. The van der Waals surface area contributed by atoms with Crippen molar-refractivity contribution in [3.05, 3.63) is 53.6 Å². The van der Waals surface area contributed by atoms with Gasteiger partial charge in [0.2, 0.25) is 5.91 Å². The van der Waals surface area contributed by atoms with Crippen molar-refractivity contribution in [1.82, 2.24) is 0 Å². The quantitative estimate of drug-likeness (QED) is 0.924. The van der Waals surface area contributed by atoms with Crippen molar-refractivity contribution in [1.29, 1.82) is 0 Å². The third kappa shape index (κ3) is 2.96. The highest BCUT2D eigenvalue weighted by atomic mass is 32.2. The van der Waals surface area contributed by atoms with E-state index < -0.39 is 21.7 Å². The van der Waals surface area contributed by atoms with Gasteiger partial charge in [-0.25, -0.2) is 17.2 Å². The molecule has 1 amide bonds. The minimum Gasteiger partial charge on any atom is -0.312 e. The van der Waals surface area contributed by atoms with E-state index in [-0.39, 0.29) is 10.8 Å². The minimum absolute atomic E-state index is 0.0798. The molecule has 5 nitrogen and oxygen atoms in total. The molecule has 0 radical (unpaired) electrons. The van der Waals surface area contributed by atoms with Crippen molar-refractivity contribution in [2.24, 2.45) is 0 Å². The van der Waals surface area contributed by atoms with Gasteiger partial charge in [0, 0.05) is 24.8 Å². The molecule has 1 aliphatic rings. The zero-order valence-corrected chi connectivity index (χ0v) is 13.5. The molecular weight excluding hydrogens is 338 g/mol. The van der Waals surface area contributed by atoms with Gasteiger partial charge in [0.15, 0.2) is 11.6 Å². The first-order chi connectivity index (χ1) is 11.3. The Morgan fingerprint density at radius 2 is 1.88 bits per heavy atom. The number of amides is 1. The summed E-state index contributed by atoms with van der Waals surface area (Å²) >= 11 is 0. The average Bonchev–Trinajstić information content (AvgIpc) is 2.92. The van der Waals surface area contributed by atoms with Gasteiger partial charge in [-0.3, -0.25) is 9.52 Å². The van der Waals surface area contributed by atoms with Crippen LogP contribution in [0.4, 0.5) is 20.2 Å². The zero-order chi connectivity index (χ0) is 17.5. The van der Waals surface area contributed by atoms with Crippen molar-refractivity contribution in [3.63, 3.8) is 0 Å². The molecule has 0 aliphatic carbocycles. The zero-order valence-electron chi connectivity index (χ0n) is 12.7. The molecule has 0 bridgehead atoms. The fraction of sp³-hybridized carbons (Fsp3) is 0.188. The van der Waals surface area contributed by atoms with Crippen LogP contribution in [0.15, 0.2) is 41.3 Å². The number of rotatable bonds is 3. The van der Waals surface area contributed by atoms with Crippen LogP contribution < -0.4 is 9.62 Å². The fourth-order valence-electron chi connectivity index (χ4n) is 2.65. The SMILES string of the molecule is CC(=O)N1CCc2cc(NS(=O)(=O)c3ccc(F)c(F)c3)ccc21. The first-order valence-corrected chi connectivity index (χ1v) is 8.65. The van der Waals surface area contributed by atoms with E-state index >= 15 is 0 Å². The maximum Gasteiger partial charge on any atom is 0.261 e. The van der Waals surface area contributed by atoms with E-state index in [9.17, 15) is 22.0 Å². The standard InChI is InChI=1S/C16H14F2N2O3S/c1-10(21)20-7-6-11-8-12(2-5-16(11)20)19-24(22,23)13-3-4-14(17)15(18)9-13/h2-5,8-9,19H,6-7H2,1H3. The van der Waals surface area contributed by atoms with E-state index in [1.807, 2.05) is 0 Å². The highest BCUT2D eigenvalue weighted by Crippen LogP contribution is 2.31. The fourth-order valence-corrected chi connectivity index (χ4v) is 3.71. The normalized spacial score (nSPS) is 13.7. The maximum absolute atomic E-state index is 13.2. The number of sulfonamides is 1. The molecule has 2 aromatic carbocycles. The Morgan fingerprint density at radius 1 is 1.12 bits per heavy atom. The van der Waals surface area contributed by atoms with Crippen LogP contribution in [-0.4, -0.2) is 20.9 Å². The van der Waals surface area contributed by atoms with E-state index in [1.54, 1.807) is 17.0 Å². The Bertz CT molecular complexity index is 929. The van der Waals surface area contributed by atoms with Gasteiger partial charge in [-0.15, -0.1) is 0 Å². The van der Waals surface area contributed by atoms with Gasteiger partial charge in [0.05, 0.1) is 4.90 Å². The van der Waals surface area contributed by atoms with Crippen LogP contribution in [0.2, 0.25) is 0 Å². The summed E-state index contributed by atoms with van der Waals surface area (Å²) in [7, 11) is -4.04. The van der Waals surface area contributed by atoms with Crippen LogP contribution in [0.5, 0.6) is 0 Å². The number of nitrogens with one attached hydrogen (secondary N) is 1. The van der Waals surface area contributed by atoms with Crippen LogP contribution >= 0.6 is 0 Å². The van der Waals surface area contributed by atoms with Crippen molar-refractivity contribution < 1.29 is 22.0 Å². The molecule has 24 heavy (non-hydrogen) atoms. The number of carbonyl (C=O) groups is 1. The highest BCUT2D eigenvalue weighted by molar-refractivity contribution is 7.92. The smallest absolute Gasteiger partial charge is 0.261 e. The van der Waals surface area contributed by atoms with Gasteiger partial charge < -0.3 is 4.90 Å². The average molecular weight is 352 g/mol. The van der Waals surface area contributed by atoms with Gasteiger partial charge in [-0.2, -0.15) is 0 Å². The molecule has 2 aromatic rings. The van der Waals surface area contributed by atoms with Gasteiger partial charge >= 0.3 is 0 Å². The first-order valence-electron chi connectivity index (χ1n) is 7.17. The Hall–Kier alpha value is -2.48. The monoisotopic (exact) mass is 352 g/mol. The Kier molecular flexibility index (Phi) is 4.00. The molecular formula is C16H14F2N2O3S. The van der Waals surface area contributed by atoms with Crippen LogP contribution in [0.3, 0.4) is 0 Å². The summed E-state index contributed by atoms with van der Waals surface area (Å²) in [5.41, 5.74) is 1.89. The van der Waals surface area contributed by atoms with Crippen LogP contribution in [0, 0.1) is 11.6 Å². The molecule has 126 valence electrons. The van der Waals surface area contributed by atoms with Crippen molar-refractivity contribution in [2.45, 2.75) is 18.2 Å². The summed E-state index contributed by atoms with van der Waals surface area (Å²) < 4.78 is 53.1. The number of halogens is 2. The lowest BCUT2D eigenvalue weighted by Gasteiger charge is -2.15. The summed E-state index contributed by atoms with van der Waals surface area (Å²) in [4.78, 5) is 12.8. The molecule has 0 saturated heterocycles.